The lowest BCUT2D eigenvalue weighted by Crippen LogP contribution is -2.14. The molecule has 28 heavy (non-hydrogen) atoms. The van der Waals surface area contributed by atoms with Crippen LogP contribution in [0.1, 0.15) is 0 Å². The van der Waals surface area contributed by atoms with E-state index < -0.39 is 0 Å². The number of hydrogen-bond donors (Lipinski definition) is 1. The molecule has 3 aromatic rings. The number of aromatic nitrogens is 2. The Balaban J connectivity index is 1.32. The molecular formula is C20H17N3O4S. The highest BCUT2D eigenvalue weighted by Crippen LogP contribution is 2.34. The molecule has 0 fully saturated rings. The summed E-state index contributed by atoms with van der Waals surface area (Å²) in [5, 5.41) is 11.9. The van der Waals surface area contributed by atoms with E-state index in [-0.39, 0.29) is 18.5 Å². The molecule has 0 atom stereocenters. The van der Waals surface area contributed by atoms with Crippen LogP contribution in [0, 0.1) is 0 Å². The van der Waals surface area contributed by atoms with Gasteiger partial charge in [0.15, 0.2) is 11.5 Å². The van der Waals surface area contributed by atoms with Gasteiger partial charge in [0.2, 0.25) is 12.7 Å². The van der Waals surface area contributed by atoms with Crippen LogP contribution in [0.5, 0.6) is 17.2 Å². The van der Waals surface area contributed by atoms with Crippen LogP contribution < -0.4 is 19.5 Å². The number of carbonyl (C=O) groups excluding carboxylic acids is 1. The Morgan fingerprint density at radius 2 is 1.89 bits per heavy atom. The van der Waals surface area contributed by atoms with Crippen molar-refractivity contribution >= 4 is 23.4 Å². The van der Waals surface area contributed by atoms with Gasteiger partial charge in [-0.15, -0.1) is 10.2 Å². The number of fused-ring (bicyclic) bond motifs is 1. The number of carbonyl (C=O) groups is 1. The molecule has 0 saturated carbocycles. The summed E-state index contributed by atoms with van der Waals surface area (Å²) in [6.45, 7) is 0.202. The molecule has 0 saturated heterocycles. The minimum absolute atomic E-state index is 0.134. The topological polar surface area (TPSA) is 82.6 Å². The van der Waals surface area contributed by atoms with Crippen LogP contribution in [0.2, 0.25) is 0 Å². The van der Waals surface area contributed by atoms with Crippen molar-refractivity contribution in [1.29, 1.82) is 0 Å². The lowest BCUT2D eigenvalue weighted by molar-refractivity contribution is -0.113. The third-order valence-electron chi connectivity index (χ3n) is 4.03. The molecule has 0 spiro atoms. The first-order valence-corrected chi connectivity index (χ1v) is 9.50. The SMILES string of the molecule is COc1ccc(-c2ccc(SCC(=O)Nc3ccc4c(c3)OCO4)nn2)cc1. The maximum Gasteiger partial charge on any atom is 0.234 e. The Morgan fingerprint density at radius 3 is 2.64 bits per heavy atom. The van der Waals surface area contributed by atoms with E-state index in [1.807, 2.05) is 36.4 Å². The molecule has 0 bridgehead atoms. The highest BCUT2D eigenvalue weighted by molar-refractivity contribution is 7.99. The predicted molar refractivity (Wildman–Crippen MR) is 106 cm³/mol. The first kappa shape index (κ1) is 18.1. The van der Waals surface area contributed by atoms with Crippen LogP contribution in [-0.4, -0.2) is 35.8 Å². The summed E-state index contributed by atoms with van der Waals surface area (Å²) in [4.78, 5) is 12.2. The van der Waals surface area contributed by atoms with Gasteiger partial charge in [0, 0.05) is 17.3 Å². The Kier molecular flexibility index (Phi) is 5.29. The minimum Gasteiger partial charge on any atom is -0.497 e. The van der Waals surface area contributed by atoms with E-state index in [0.717, 1.165) is 17.0 Å². The molecule has 0 radical (unpaired) electrons. The molecule has 0 aliphatic carbocycles. The smallest absolute Gasteiger partial charge is 0.234 e. The molecular weight excluding hydrogens is 378 g/mol. The fourth-order valence-corrected chi connectivity index (χ4v) is 3.24. The van der Waals surface area contributed by atoms with Crippen LogP contribution in [-0.2, 0) is 4.79 Å². The highest BCUT2D eigenvalue weighted by atomic mass is 32.2. The van der Waals surface area contributed by atoms with E-state index in [9.17, 15) is 4.79 Å². The van der Waals surface area contributed by atoms with Crippen molar-refractivity contribution < 1.29 is 19.0 Å². The van der Waals surface area contributed by atoms with Crippen molar-refractivity contribution in [1.82, 2.24) is 10.2 Å². The molecule has 1 N–H and O–H groups in total. The average Bonchev–Trinajstić information content (AvgIpc) is 3.21. The molecule has 7 nitrogen and oxygen atoms in total. The molecule has 0 unspecified atom stereocenters. The van der Waals surface area contributed by atoms with Gasteiger partial charge in [-0.25, -0.2) is 0 Å². The fraction of sp³-hybridized carbons (Fsp3) is 0.150. The molecule has 1 aliphatic rings. The molecule has 2 heterocycles. The zero-order chi connectivity index (χ0) is 19.3. The standard InChI is InChI=1S/C20H17N3O4S/c1-25-15-5-2-13(3-6-15)16-7-9-20(23-22-16)28-11-19(24)21-14-4-8-17-18(10-14)27-12-26-17/h2-10H,11-12H2,1H3,(H,21,24). The zero-order valence-electron chi connectivity index (χ0n) is 15.0. The Labute approximate surface area is 166 Å². The van der Waals surface area contributed by atoms with Gasteiger partial charge in [0.05, 0.1) is 18.6 Å². The van der Waals surface area contributed by atoms with Crippen molar-refractivity contribution in [2.24, 2.45) is 0 Å². The zero-order valence-corrected chi connectivity index (χ0v) is 15.9. The van der Waals surface area contributed by atoms with E-state index in [4.69, 9.17) is 14.2 Å². The van der Waals surface area contributed by atoms with Crippen molar-refractivity contribution in [3.05, 3.63) is 54.6 Å². The number of rotatable bonds is 6. The first-order valence-electron chi connectivity index (χ1n) is 8.52. The third-order valence-corrected chi connectivity index (χ3v) is 4.95. The molecule has 8 heteroatoms. The van der Waals surface area contributed by atoms with Crippen molar-refractivity contribution in [3.63, 3.8) is 0 Å². The number of anilines is 1. The summed E-state index contributed by atoms with van der Waals surface area (Å²) in [5.41, 5.74) is 2.37. The van der Waals surface area contributed by atoms with E-state index in [1.54, 1.807) is 25.3 Å². The number of benzene rings is 2. The quantitative estimate of drug-likeness (QED) is 0.639. The third kappa shape index (κ3) is 4.17. The normalized spacial score (nSPS) is 11.9. The lowest BCUT2D eigenvalue weighted by atomic mass is 10.1. The fourth-order valence-electron chi connectivity index (χ4n) is 2.62. The van der Waals surface area contributed by atoms with Crippen molar-refractivity contribution in [2.45, 2.75) is 5.03 Å². The van der Waals surface area contributed by atoms with Crippen LogP contribution in [0.4, 0.5) is 5.69 Å². The molecule has 142 valence electrons. The summed E-state index contributed by atoms with van der Waals surface area (Å²) >= 11 is 1.32. The van der Waals surface area contributed by atoms with Gasteiger partial charge in [-0.1, -0.05) is 11.8 Å². The lowest BCUT2D eigenvalue weighted by Gasteiger charge is -2.06. The van der Waals surface area contributed by atoms with Crippen molar-refractivity contribution in [3.8, 4) is 28.5 Å². The summed E-state index contributed by atoms with van der Waals surface area (Å²) in [6.07, 6.45) is 0. The maximum atomic E-state index is 12.2. The number of methoxy groups -OCH3 is 1. The average molecular weight is 395 g/mol. The molecule has 1 aromatic heterocycles. The van der Waals surface area contributed by atoms with Gasteiger partial charge in [0.1, 0.15) is 10.8 Å². The van der Waals surface area contributed by atoms with E-state index in [0.29, 0.717) is 22.2 Å². The van der Waals surface area contributed by atoms with Gasteiger partial charge in [-0.2, -0.15) is 0 Å². The second kappa shape index (κ2) is 8.18. The monoisotopic (exact) mass is 395 g/mol. The van der Waals surface area contributed by atoms with Gasteiger partial charge in [0.25, 0.3) is 0 Å². The predicted octanol–water partition coefficient (Wildman–Crippen LogP) is 3.61. The van der Waals surface area contributed by atoms with Crippen LogP contribution >= 0.6 is 11.8 Å². The second-order valence-corrected chi connectivity index (χ2v) is 6.89. The van der Waals surface area contributed by atoms with Gasteiger partial charge in [-0.3, -0.25) is 4.79 Å². The van der Waals surface area contributed by atoms with E-state index >= 15 is 0 Å². The number of thioether (sulfide) groups is 1. The number of nitrogens with zero attached hydrogens (tertiary/aromatic N) is 2. The summed E-state index contributed by atoms with van der Waals surface area (Å²) < 4.78 is 15.7. The Bertz CT molecular complexity index is 978. The molecule has 1 amide bonds. The van der Waals surface area contributed by atoms with Gasteiger partial charge in [-0.05, 0) is 48.5 Å². The summed E-state index contributed by atoms with van der Waals surface area (Å²) in [6, 6.07) is 16.6. The second-order valence-electron chi connectivity index (χ2n) is 5.89. The summed E-state index contributed by atoms with van der Waals surface area (Å²) in [5.74, 6) is 2.19. The maximum absolute atomic E-state index is 12.2. The highest BCUT2D eigenvalue weighted by Gasteiger charge is 2.14. The minimum atomic E-state index is -0.134. The van der Waals surface area contributed by atoms with Crippen LogP contribution in [0.15, 0.2) is 59.6 Å². The van der Waals surface area contributed by atoms with E-state index in [1.165, 1.54) is 11.8 Å². The largest absolute Gasteiger partial charge is 0.497 e. The molecule has 4 rings (SSSR count). The number of ether oxygens (including phenoxy) is 3. The molecule has 2 aromatic carbocycles. The molecule has 1 aliphatic heterocycles. The summed E-state index contributed by atoms with van der Waals surface area (Å²) in [7, 11) is 1.63. The Hall–Kier alpha value is -3.26. The Morgan fingerprint density at radius 1 is 1.07 bits per heavy atom. The van der Waals surface area contributed by atoms with Crippen molar-refractivity contribution in [2.75, 3.05) is 25.0 Å². The first-order chi connectivity index (χ1) is 13.7. The number of nitrogens with one attached hydrogen (secondary N) is 1. The van der Waals surface area contributed by atoms with Gasteiger partial charge >= 0.3 is 0 Å². The van der Waals surface area contributed by atoms with Crippen LogP contribution in [0.25, 0.3) is 11.3 Å². The van der Waals surface area contributed by atoms with E-state index in [2.05, 4.69) is 15.5 Å². The number of amides is 1. The van der Waals surface area contributed by atoms with Crippen LogP contribution in [0.3, 0.4) is 0 Å². The number of hydrogen-bond acceptors (Lipinski definition) is 7. The van der Waals surface area contributed by atoms with Gasteiger partial charge < -0.3 is 19.5 Å².